The Morgan fingerprint density at radius 3 is 2.72 bits per heavy atom. The fourth-order valence-electron chi connectivity index (χ4n) is 1.99. The van der Waals surface area contributed by atoms with Crippen molar-refractivity contribution in [1.82, 2.24) is 15.3 Å². The smallest absolute Gasteiger partial charge is 0.237 e. The van der Waals surface area contributed by atoms with Crippen molar-refractivity contribution in [2.24, 2.45) is 5.73 Å². The quantitative estimate of drug-likeness (QED) is 0.656. The number of H-pyrrole nitrogens is 1. The van der Waals surface area contributed by atoms with Gasteiger partial charge >= 0.3 is 0 Å². The highest BCUT2D eigenvalue weighted by atomic mass is 32.2. The van der Waals surface area contributed by atoms with Crippen LogP contribution in [-0.4, -0.2) is 32.7 Å². The number of hydrogen-bond donors (Lipinski definition) is 3. The number of aromatic nitrogens is 2. The number of nitrogens with zero attached hydrogens (tertiary/aromatic N) is 1. The second-order valence-electron chi connectivity index (χ2n) is 5.02. The van der Waals surface area contributed by atoms with Crippen molar-refractivity contribution < 1.29 is 4.79 Å². The number of nitrogens with one attached hydrogen (secondary N) is 2. The van der Waals surface area contributed by atoms with Gasteiger partial charge in [-0.1, -0.05) is 18.7 Å². The van der Waals surface area contributed by atoms with Crippen molar-refractivity contribution in [1.29, 1.82) is 0 Å². The van der Waals surface area contributed by atoms with Crippen LogP contribution in [0.5, 0.6) is 0 Å². The van der Waals surface area contributed by atoms with Crippen molar-refractivity contribution in [3.63, 3.8) is 0 Å². The second kappa shape index (κ2) is 6.24. The molecule has 2 unspecified atom stereocenters. The van der Waals surface area contributed by atoms with Crippen molar-refractivity contribution in [3.8, 4) is 0 Å². The van der Waals surface area contributed by atoms with E-state index in [-0.39, 0.29) is 17.2 Å². The molecule has 4 N–H and O–H groups in total. The first-order valence-electron chi connectivity index (χ1n) is 6.07. The molecule has 0 radical (unpaired) electrons. The van der Waals surface area contributed by atoms with Gasteiger partial charge in [0.2, 0.25) is 5.91 Å². The van der Waals surface area contributed by atoms with Gasteiger partial charge < -0.3 is 16.0 Å². The Labute approximate surface area is 112 Å². The molecule has 0 aliphatic carbocycles. The highest BCUT2D eigenvalue weighted by Crippen LogP contribution is 2.26. The predicted octanol–water partition coefficient (Wildman–Crippen LogP) is 1.52. The van der Waals surface area contributed by atoms with Gasteiger partial charge in [0.15, 0.2) is 5.16 Å². The van der Waals surface area contributed by atoms with E-state index in [0.717, 1.165) is 5.16 Å². The number of thioether (sulfide) groups is 1. The van der Waals surface area contributed by atoms with E-state index in [9.17, 15) is 4.79 Å². The van der Waals surface area contributed by atoms with E-state index in [4.69, 9.17) is 5.73 Å². The second-order valence-corrected chi connectivity index (χ2v) is 6.45. The summed E-state index contributed by atoms with van der Waals surface area (Å²) in [4.78, 5) is 18.8. The molecule has 6 heteroatoms. The summed E-state index contributed by atoms with van der Waals surface area (Å²) in [6.45, 7) is 7.93. The van der Waals surface area contributed by atoms with Gasteiger partial charge in [0, 0.05) is 23.7 Å². The SMILES string of the molecule is CC(C)NC(C)(CC(C)Sc1ncc[nH]1)C(N)=O. The first-order valence-corrected chi connectivity index (χ1v) is 6.95. The molecule has 0 fully saturated rings. The van der Waals surface area contributed by atoms with Crippen molar-refractivity contribution in [3.05, 3.63) is 12.4 Å². The van der Waals surface area contributed by atoms with Crippen molar-refractivity contribution in [2.45, 2.75) is 56.1 Å². The van der Waals surface area contributed by atoms with Gasteiger partial charge in [0.05, 0.1) is 5.54 Å². The van der Waals surface area contributed by atoms with Crippen molar-refractivity contribution >= 4 is 17.7 Å². The Balaban J connectivity index is 2.63. The minimum absolute atomic E-state index is 0.211. The lowest BCUT2D eigenvalue weighted by Gasteiger charge is -2.31. The van der Waals surface area contributed by atoms with Crippen LogP contribution in [-0.2, 0) is 4.79 Å². The number of rotatable bonds is 7. The van der Waals surface area contributed by atoms with Crippen LogP contribution in [0.25, 0.3) is 0 Å². The van der Waals surface area contributed by atoms with Crippen LogP contribution in [0.2, 0.25) is 0 Å². The fourth-order valence-corrected chi connectivity index (χ4v) is 3.05. The first kappa shape index (κ1) is 15.0. The zero-order chi connectivity index (χ0) is 13.8. The topological polar surface area (TPSA) is 83.8 Å². The molecule has 1 aromatic rings. The molecule has 0 aliphatic heterocycles. The van der Waals surface area contributed by atoms with Crippen LogP contribution in [0.4, 0.5) is 0 Å². The van der Waals surface area contributed by atoms with Gasteiger partial charge in [0.25, 0.3) is 0 Å². The average Bonchev–Trinajstić information content (AvgIpc) is 2.68. The Morgan fingerprint density at radius 1 is 1.61 bits per heavy atom. The molecule has 1 heterocycles. The highest BCUT2D eigenvalue weighted by Gasteiger charge is 2.33. The van der Waals surface area contributed by atoms with Crippen LogP contribution < -0.4 is 11.1 Å². The van der Waals surface area contributed by atoms with Crippen molar-refractivity contribution in [2.75, 3.05) is 0 Å². The average molecular weight is 270 g/mol. The third-order valence-corrected chi connectivity index (χ3v) is 3.65. The molecular formula is C12H22N4OS. The number of carbonyl (C=O) groups is 1. The molecule has 18 heavy (non-hydrogen) atoms. The molecule has 0 aromatic carbocycles. The van der Waals surface area contributed by atoms with Gasteiger partial charge in [-0.2, -0.15) is 0 Å². The van der Waals surface area contributed by atoms with Crippen LogP contribution in [0.3, 0.4) is 0 Å². The number of nitrogens with two attached hydrogens (primary N) is 1. The molecule has 102 valence electrons. The monoisotopic (exact) mass is 270 g/mol. The summed E-state index contributed by atoms with van der Waals surface area (Å²) in [5.41, 5.74) is 4.82. The molecule has 0 saturated carbocycles. The third kappa shape index (κ3) is 4.34. The van der Waals surface area contributed by atoms with Crippen LogP contribution in [0.1, 0.15) is 34.1 Å². The minimum atomic E-state index is -0.687. The molecule has 0 bridgehead atoms. The lowest BCUT2D eigenvalue weighted by atomic mass is 9.94. The van der Waals surface area contributed by atoms with Crippen LogP contribution in [0.15, 0.2) is 17.6 Å². The third-order valence-electron chi connectivity index (χ3n) is 2.63. The molecule has 1 amide bonds. The summed E-state index contributed by atoms with van der Waals surface area (Å²) in [6.07, 6.45) is 4.16. The molecular weight excluding hydrogens is 248 g/mol. The summed E-state index contributed by atoms with van der Waals surface area (Å²) in [5.74, 6) is -0.317. The zero-order valence-electron chi connectivity index (χ0n) is 11.4. The fraction of sp³-hybridized carbons (Fsp3) is 0.667. The normalized spacial score (nSPS) is 16.5. The largest absolute Gasteiger partial charge is 0.368 e. The number of carbonyl (C=O) groups excluding carboxylic acids is 1. The summed E-state index contributed by atoms with van der Waals surface area (Å²) in [7, 11) is 0. The highest BCUT2D eigenvalue weighted by molar-refractivity contribution is 7.99. The van der Waals surface area contributed by atoms with E-state index in [2.05, 4.69) is 22.2 Å². The number of imidazole rings is 1. The summed E-state index contributed by atoms with van der Waals surface area (Å²) in [5, 5.41) is 4.34. The Hall–Kier alpha value is -1.01. The molecule has 1 rings (SSSR count). The van der Waals surface area contributed by atoms with E-state index in [1.54, 1.807) is 24.2 Å². The number of hydrogen-bond acceptors (Lipinski definition) is 4. The lowest BCUT2D eigenvalue weighted by molar-refractivity contribution is -0.124. The van der Waals surface area contributed by atoms with E-state index in [1.807, 2.05) is 20.8 Å². The minimum Gasteiger partial charge on any atom is -0.368 e. The molecule has 0 aliphatic rings. The summed E-state index contributed by atoms with van der Waals surface area (Å²) < 4.78 is 0. The molecule has 0 saturated heterocycles. The van der Waals surface area contributed by atoms with E-state index >= 15 is 0 Å². The van der Waals surface area contributed by atoms with Gasteiger partial charge in [-0.05, 0) is 27.2 Å². The maximum atomic E-state index is 11.6. The Kier molecular flexibility index (Phi) is 5.22. The van der Waals surface area contributed by atoms with Crippen LogP contribution >= 0.6 is 11.8 Å². The van der Waals surface area contributed by atoms with E-state index < -0.39 is 5.54 Å². The number of amides is 1. The van der Waals surface area contributed by atoms with Gasteiger partial charge in [-0.15, -0.1) is 0 Å². The Bertz CT molecular complexity index is 379. The lowest BCUT2D eigenvalue weighted by Crippen LogP contribution is -2.56. The number of primary amides is 1. The Morgan fingerprint density at radius 2 is 2.28 bits per heavy atom. The summed E-state index contributed by atoms with van der Waals surface area (Å²) >= 11 is 1.61. The maximum absolute atomic E-state index is 11.6. The number of aromatic amines is 1. The molecule has 5 nitrogen and oxygen atoms in total. The molecule has 2 atom stereocenters. The van der Waals surface area contributed by atoms with Gasteiger partial charge in [0.1, 0.15) is 0 Å². The zero-order valence-corrected chi connectivity index (χ0v) is 12.2. The standard InChI is InChI=1S/C12H22N4OS/c1-8(2)16-12(4,10(13)17)7-9(3)18-11-14-5-6-15-11/h5-6,8-9,16H,7H2,1-4H3,(H2,13,17)(H,14,15). The van der Waals surface area contributed by atoms with Crippen LogP contribution in [0, 0.1) is 0 Å². The maximum Gasteiger partial charge on any atom is 0.237 e. The summed E-state index contributed by atoms with van der Waals surface area (Å²) in [6, 6.07) is 0.211. The van der Waals surface area contributed by atoms with Gasteiger partial charge in [-0.3, -0.25) is 4.79 Å². The molecule has 0 spiro atoms. The predicted molar refractivity (Wildman–Crippen MR) is 74.4 cm³/mol. The first-order chi connectivity index (χ1) is 8.33. The van der Waals surface area contributed by atoms with Gasteiger partial charge in [-0.25, -0.2) is 4.98 Å². The molecule has 1 aromatic heterocycles. The van der Waals surface area contributed by atoms with E-state index in [0.29, 0.717) is 6.42 Å². The van der Waals surface area contributed by atoms with E-state index in [1.165, 1.54) is 0 Å².